The highest BCUT2D eigenvalue weighted by Crippen LogP contribution is 2.28. The first-order valence-corrected chi connectivity index (χ1v) is 10.0. The Morgan fingerprint density at radius 3 is 2.72 bits per heavy atom. The van der Waals surface area contributed by atoms with E-state index in [1.807, 2.05) is 25.9 Å². The number of thiophene rings is 1. The molecule has 1 amide bonds. The van der Waals surface area contributed by atoms with Crippen molar-refractivity contribution in [3.8, 4) is 0 Å². The van der Waals surface area contributed by atoms with Crippen molar-refractivity contribution in [2.24, 2.45) is 5.14 Å². The minimum atomic E-state index is -3.93. The highest BCUT2D eigenvalue weighted by molar-refractivity contribution is 7.89. The molecule has 2 aromatic rings. The first-order valence-electron chi connectivity index (χ1n) is 7.61. The van der Waals surface area contributed by atoms with Gasteiger partial charge in [0.15, 0.2) is 0 Å². The molecule has 0 aliphatic carbocycles. The van der Waals surface area contributed by atoms with E-state index in [-0.39, 0.29) is 15.7 Å². The predicted octanol–water partition coefficient (Wildman–Crippen LogP) is 0.758. The molecule has 0 saturated carbocycles. The third-order valence-corrected chi connectivity index (χ3v) is 5.98. The quantitative estimate of drug-likeness (QED) is 0.840. The number of carbonyl (C=O) groups is 1. The van der Waals surface area contributed by atoms with Crippen LogP contribution in [0, 0.1) is 6.92 Å². The molecule has 0 saturated heterocycles. The van der Waals surface area contributed by atoms with Crippen LogP contribution in [0.15, 0.2) is 16.3 Å². The van der Waals surface area contributed by atoms with Crippen molar-refractivity contribution in [3.63, 3.8) is 0 Å². The van der Waals surface area contributed by atoms with E-state index in [1.54, 1.807) is 10.3 Å². The molecule has 10 heteroatoms. The third-order valence-electron chi connectivity index (χ3n) is 4.00. The molecule has 2 N–H and O–H groups in total. The lowest BCUT2D eigenvalue weighted by atomic mass is 10.0. The highest BCUT2D eigenvalue weighted by Gasteiger charge is 2.29. The second kappa shape index (κ2) is 6.36. The number of nitrogens with zero attached hydrogens (tertiary/aromatic N) is 4. The normalized spacial score (nSPS) is 14.3. The molecule has 134 valence electrons. The van der Waals surface area contributed by atoms with Crippen LogP contribution < -0.4 is 10.0 Å². The number of rotatable bonds is 3. The number of sulfonamides is 1. The number of aromatic nitrogens is 2. The summed E-state index contributed by atoms with van der Waals surface area (Å²) in [5, 5.41) is 6.76. The summed E-state index contributed by atoms with van der Waals surface area (Å²) in [6.45, 7) is 2.60. The molecule has 0 spiro atoms. The van der Waals surface area contributed by atoms with Gasteiger partial charge in [0.2, 0.25) is 10.0 Å². The number of primary sulfonamides is 1. The van der Waals surface area contributed by atoms with Crippen LogP contribution in [0.5, 0.6) is 0 Å². The largest absolute Gasteiger partial charge is 0.362 e. The predicted molar refractivity (Wildman–Crippen MR) is 95.2 cm³/mol. The van der Waals surface area contributed by atoms with E-state index in [2.05, 4.69) is 9.97 Å². The maximum absolute atomic E-state index is 12.8. The Morgan fingerprint density at radius 1 is 1.36 bits per heavy atom. The zero-order valence-electron chi connectivity index (χ0n) is 14.2. The van der Waals surface area contributed by atoms with Crippen LogP contribution in [0.25, 0.3) is 0 Å². The number of aryl methyl sites for hydroxylation is 1. The zero-order valence-corrected chi connectivity index (χ0v) is 15.8. The summed E-state index contributed by atoms with van der Waals surface area (Å²) in [5.41, 5.74) is 1.82. The fraction of sp³-hybridized carbons (Fsp3) is 0.400. The fourth-order valence-corrected chi connectivity index (χ4v) is 4.83. The maximum atomic E-state index is 12.8. The number of nitrogens with two attached hydrogens (primary N) is 1. The Balaban J connectivity index is 1.94. The summed E-state index contributed by atoms with van der Waals surface area (Å²) in [5.74, 6) is 1.15. The number of hydrogen-bond donors (Lipinski definition) is 1. The van der Waals surface area contributed by atoms with Gasteiger partial charge in [-0.15, -0.1) is 11.3 Å². The first kappa shape index (κ1) is 17.8. The molecular weight excluding hydrogens is 362 g/mol. The Morgan fingerprint density at radius 2 is 2.08 bits per heavy atom. The lowest BCUT2D eigenvalue weighted by Gasteiger charge is -2.30. The number of carbonyl (C=O) groups excluding carboxylic acids is 1. The van der Waals surface area contributed by atoms with Gasteiger partial charge in [0.25, 0.3) is 5.91 Å². The topological polar surface area (TPSA) is 109 Å². The molecule has 8 nitrogen and oxygen atoms in total. The van der Waals surface area contributed by atoms with E-state index in [9.17, 15) is 13.2 Å². The van der Waals surface area contributed by atoms with E-state index >= 15 is 0 Å². The summed E-state index contributed by atoms with van der Waals surface area (Å²) in [6.07, 6.45) is 0.616. The van der Waals surface area contributed by atoms with Gasteiger partial charge in [0.05, 0.1) is 12.2 Å². The van der Waals surface area contributed by atoms with Gasteiger partial charge in [0, 0.05) is 26.2 Å². The van der Waals surface area contributed by atoms with Crippen LogP contribution in [-0.2, 0) is 23.0 Å². The van der Waals surface area contributed by atoms with Gasteiger partial charge in [-0.2, -0.15) is 0 Å². The monoisotopic (exact) mass is 381 g/mol. The summed E-state index contributed by atoms with van der Waals surface area (Å²) in [7, 11) is -0.0879. The Hall–Kier alpha value is -2.04. The van der Waals surface area contributed by atoms with E-state index in [0.29, 0.717) is 25.3 Å². The number of amides is 1. The van der Waals surface area contributed by atoms with Crippen molar-refractivity contribution in [1.82, 2.24) is 14.9 Å². The Kier molecular flexibility index (Phi) is 4.52. The van der Waals surface area contributed by atoms with Crippen LogP contribution in [0.3, 0.4) is 0 Å². The van der Waals surface area contributed by atoms with Gasteiger partial charge < -0.3 is 9.80 Å². The fourth-order valence-electron chi connectivity index (χ4n) is 2.90. The second-order valence-electron chi connectivity index (χ2n) is 6.05. The molecule has 2 aromatic heterocycles. The van der Waals surface area contributed by atoms with E-state index in [0.717, 1.165) is 28.4 Å². The number of fused-ring (bicyclic) bond motifs is 1. The molecule has 1 aliphatic heterocycles. The molecule has 0 atom stereocenters. The summed E-state index contributed by atoms with van der Waals surface area (Å²) >= 11 is 1.08. The van der Waals surface area contributed by atoms with Gasteiger partial charge >= 0.3 is 0 Å². The average Bonchev–Trinajstić information content (AvgIpc) is 3.02. The van der Waals surface area contributed by atoms with Gasteiger partial charge in [-0.3, -0.25) is 4.79 Å². The van der Waals surface area contributed by atoms with Gasteiger partial charge in [-0.05, 0) is 24.8 Å². The molecule has 0 radical (unpaired) electrons. The van der Waals surface area contributed by atoms with Gasteiger partial charge in [-0.1, -0.05) is 0 Å². The summed E-state index contributed by atoms with van der Waals surface area (Å²) < 4.78 is 23.3. The molecule has 0 unspecified atom stereocenters. The molecule has 0 aromatic carbocycles. The summed E-state index contributed by atoms with van der Waals surface area (Å²) in [6, 6.07) is 1.36. The van der Waals surface area contributed by atoms with Crippen LogP contribution >= 0.6 is 11.3 Å². The molecular formula is C15H19N5O3S2. The minimum Gasteiger partial charge on any atom is -0.362 e. The standard InChI is InChI=1S/C15H19N5O3S2/c1-9-17-11-8-20(6-4-10(11)14(18-9)19(2)3)15(21)13-12(5-7-24-13)25(16,22)23/h5,7H,4,6,8H2,1-3H3,(H2,16,22,23). The molecule has 25 heavy (non-hydrogen) atoms. The van der Waals surface area contributed by atoms with E-state index < -0.39 is 10.0 Å². The zero-order chi connectivity index (χ0) is 18.4. The van der Waals surface area contributed by atoms with Crippen LogP contribution in [0.4, 0.5) is 5.82 Å². The Labute approximate surface area is 150 Å². The van der Waals surface area contributed by atoms with E-state index in [4.69, 9.17) is 5.14 Å². The average molecular weight is 381 g/mol. The van der Waals surface area contributed by atoms with Crippen molar-refractivity contribution in [2.75, 3.05) is 25.5 Å². The minimum absolute atomic E-state index is 0.124. The van der Waals surface area contributed by atoms with Crippen LogP contribution in [0.1, 0.15) is 26.8 Å². The SMILES string of the molecule is Cc1nc2c(c(N(C)C)n1)CCN(C(=O)c1sccc1S(N)(=O)=O)C2. The highest BCUT2D eigenvalue weighted by atomic mass is 32.2. The second-order valence-corrected chi connectivity index (χ2v) is 8.50. The van der Waals surface area contributed by atoms with Crippen molar-refractivity contribution >= 4 is 33.1 Å². The van der Waals surface area contributed by atoms with Crippen molar-refractivity contribution in [1.29, 1.82) is 0 Å². The lowest BCUT2D eigenvalue weighted by Crippen LogP contribution is -2.37. The van der Waals surface area contributed by atoms with Crippen molar-refractivity contribution < 1.29 is 13.2 Å². The molecule has 1 aliphatic rings. The molecule has 0 fully saturated rings. The van der Waals surface area contributed by atoms with Crippen LogP contribution in [-0.4, -0.2) is 49.8 Å². The molecule has 0 bridgehead atoms. The van der Waals surface area contributed by atoms with Crippen molar-refractivity contribution in [3.05, 3.63) is 33.4 Å². The van der Waals surface area contributed by atoms with E-state index in [1.165, 1.54) is 6.07 Å². The van der Waals surface area contributed by atoms with Crippen LogP contribution in [0.2, 0.25) is 0 Å². The van der Waals surface area contributed by atoms with Gasteiger partial charge in [-0.25, -0.2) is 23.5 Å². The molecule has 3 heterocycles. The molecule has 3 rings (SSSR count). The third kappa shape index (κ3) is 3.37. The number of anilines is 1. The van der Waals surface area contributed by atoms with Crippen molar-refractivity contribution in [2.45, 2.75) is 24.8 Å². The lowest BCUT2D eigenvalue weighted by molar-refractivity contribution is 0.0733. The number of hydrogen-bond acceptors (Lipinski definition) is 7. The Bertz CT molecular complexity index is 937. The van der Waals surface area contributed by atoms with Gasteiger partial charge in [0.1, 0.15) is 21.4 Å². The smallest absolute Gasteiger partial charge is 0.265 e. The first-order chi connectivity index (χ1) is 11.7. The summed E-state index contributed by atoms with van der Waals surface area (Å²) in [4.78, 5) is 25.3. The maximum Gasteiger partial charge on any atom is 0.265 e.